The number of amides is 2. The predicted molar refractivity (Wildman–Crippen MR) is 156 cm³/mol. The Labute approximate surface area is 248 Å². The molecular formula is C34H28FN3O5. The van der Waals surface area contributed by atoms with Gasteiger partial charge in [-0.2, -0.15) is 5.26 Å². The lowest BCUT2D eigenvalue weighted by molar-refractivity contribution is 0.0693. The number of nitrogens with one attached hydrogen (secondary N) is 1. The minimum Gasteiger partial charge on any atom is -0.493 e. The molecule has 3 heterocycles. The van der Waals surface area contributed by atoms with Gasteiger partial charge in [-0.1, -0.05) is 24.3 Å². The summed E-state index contributed by atoms with van der Waals surface area (Å²) >= 11 is 0. The molecule has 0 fully saturated rings. The van der Waals surface area contributed by atoms with Gasteiger partial charge in [-0.05, 0) is 84.1 Å². The quantitative estimate of drug-likeness (QED) is 0.323. The molecule has 0 radical (unpaired) electrons. The molecule has 8 nitrogen and oxygen atoms in total. The van der Waals surface area contributed by atoms with E-state index in [0.717, 1.165) is 16.7 Å². The fourth-order valence-corrected chi connectivity index (χ4v) is 5.57. The lowest BCUT2D eigenvalue weighted by Crippen LogP contribution is -2.41. The summed E-state index contributed by atoms with van der Waals surface area (Å²) in [7, 11) is 1.55. The Morgan fingerprint density at radius 1 is 1.07 bits per heavy atom. The second-order valence-electron chi connectivity index (χ2n) is 10.3. The molecule has 0 saturated heterocycles. The number of methoxy groups -OCH3 is 1. The lowest BCUT2D eigenvalue weighted by Gasteiger charge is -2.38. The Hall–Kier alpha value is -5.36. The SMILES string of the molecule is COc1ccc2cc1OCCCNC(=O)c1cc(ccc1F)Oc1ccc3c(c1)CCN(C(=O)c1ccccc1C#N)C23. The van der Waals surface area contributed by atoms with E-state index in [1.54, 1.807) is 48.4 Å². The van der Waals surface area contributed by atoms with E-state index < -0.39 is 17.8 Å². The Morgan fingerprint density at radius 2 is 1.88 bits per heavy atom. The second kappa shape index (κ2) is 11.9. The number of nitrogens with zero attached hydrogens (tertiary/aromatic N) is 2. The van der Waals surface area contributed by atoms with Crippen molar-refractivity contribution in [2.75, 3.05) is 26.8 Å². The van der Waals surface area contributed by atoms with Crippen molar-refractivity contribution in [3.63, 3.8) is 0 Å². The van der Waals surface area contributed by atoms with E-state index in [1.807, 2.05) is 24.3 Å². The van der Waals surface area contributed by atoms with Gasteiger partial charge in [0.05, 0.1) is 42.5 Å². The molecule has 3 aliphatic heterocycles. The summed E-state index contributed by atoms with van der Waals surface area (Å²) in [4.78, 5) is 28.5. The molecule has 8 bridgehead atoms. The summed E-state index contributed by atoms with van der Waals surface area (Å²) < 4.78 is 32.2. The summed E-state index contributed by atoms with van der Waals surface area (Å²) in [6, 6.07) is 23.7. The van der Waals surface area contributed by atoms with Gasteiger partial charge in [-0.3, -0.25) is 9.59 Å². The molecule has 1 unspecified atom stereocenters. The predicted octanol–water partition coefficient (Wildman–Crippen LogP) is 5.80. The molecule has 4 aromatic carbocycles. The molecule has 1 N–H and O–H groups in total. The molecule has 1 atom stereocenters. The fourth-order valence-electron chi connectivity index (χ4n) is 5.57. The van der Waals surface area contributed by atoms with Gasteiger partial charge < -0.3 is 24.4 Å². The summed E-state index contributed by atoms with van der Waals surface area (Å²) in [5.74, 6) is 0.422. The van der Waals surface area contributed by atoms with Gasteiger partial charge in [0.2, 0.25) is 0 Å². The van der Waals surface area contributed by atoms with Crippen LogP contribution in [0.25, 0.3) is 0 Å². The second-order valence-corrected chi connectivity index (χ2v) is 10.3. The van der Waals surface area contributed by atoms with E-state index in [0.29, 0.717) is 53.5 Å². The van der Waals surface area contributed by atoms with Gasteiger partial charge in [0.25, 0.3) is 11.8 Å². The molecule has 9 heteroatoms. The smallest absolute Gasteiger partial charge is 0.255 e. The Balaban J connectivity index is 1.47. The average Bonchev–Trinajstić information content (AvgIpc) is 3.04. The van der Waals surface area contributed by atoms with Crippen LogP contribution in [0.4, 0.5) is 4.39 Å². The topological polar surface area (TPSA) is 101 Å². The van der Waals surface area contributed by atoms with Crippen LogP contribution < -0.4 is 19.5 Å². The number of carbonyl (C=O) groups is 2. The van der Waals surface area contributed by atoms with Crippen molar-refractivity contribution in [1.29, 1.82) is 5.26 Å². The normalized spacial score (nSPS) is 16.1. The first kappa shape index (κ1) is 27.8. The van der Waals surface area contributed by atoms with Crippen LogP contribution in [0.15, 0.2) is 78.9 Å². The minimum atomic E-state index is -0.645. The molecule has 0 saturated carbocycles. The lowest BCUT2D eigenvalue weighted by atomic mass is 9.87. The van der Waals surface area contributed by atoms with E-state index in [1.165, 1.54) is 18.2 Å². The third-order valence-corrected chi connectivity index (χ3v) is 7.67. The van der Waals surface area contributed by atoms with E-state index >= 15 is 0 Å². The molecule has 3 aliphatic rings. The zero-order chi connectivity index (χ0) is 29.9. The molecule has 43 heavy (non-hydrogen) atoms. The highest BCUT2D eigenvalue weighted by atomic mass is 19.1. The van der Waals surface area contributed by atoms with Crippen molar-refractivity contribution in [3.05, 3.63) is 118 Å². The van der Waals surface area contributed by atoms with Crippen LogP contribution in [-0.2, 0) is 6.42 Å². The van der Waals surface area contributed by atoms with Crippen LogP contribution >= 0.6 is 0 Å². The molecule has 0 spiro atoms. The largest absolute Gasteiger partial charge is 0.493 e. The number of benzene rings is 4. The van der Waals surface area contributed by atoms with E-state index in [9.17, 15) is 19.2 Å². The van der Waals surface area contributed by atoms with Gasteiger partial charge in [0.1, 0.15) is 17.3 Å². The summed E-state index contributed by atoms with van der Waals surface area (Å²) in [5, 5.41) is 12.4. The van der Waals surface area contributed by atoms with E-state index in [4.69, 9.17) is 14.2 Å². The van der Waals surface area contributed by atoms with Gasteiger partial charge >= 0.3 is 0 Å². The Kier molecular flexibility index (Phi) is 7.67. The number of ether oxygens (including phenoxy) is 3. The van der Waals surface area contributed by atoms with Crippen molar-refractivity contribution >= 4 is 11.8 Å². The maximum Gasteiger partial charge on any atom is 0.255 e. The zero-order valence-corrected chi connectivity index (χ0v) is 23.4. The zero-order valence-electron chi connectivity index (χ0n) is 23.4. The highest BCUT2D eigenvalue weighted by Gasteiger charge is 2.34. The molecule has 7 rings (SSSR count). The third kappa shape index (κ3) is 5.47. The third-order valence-electron chi connectivity index (χ3n) is 7.67. The number of halogens is 1. The van der Waals surface area contributed by atoms with Gasteiger partial charge in [-0.15, -0.1) is 0 Å². The van der Waals surface area contributed by atoms with Crippen LogP contribution in [0.3, 0.4) is 0 Å². The Morgan fingerprint density at radius 3 is 2.72 bits per heavy atom. The summed E-state index contributed by atoms with van der Waals surface area (Å²) in [5.41, 5.74) is 3.22. The van der Waals surface area contributed by atoms with Gasteiger partial charge in [0.15, 0.2) is 11.5 Å². The standard InChI is InChI=1S/C34H28FN3O5/c1-41-30-12-7-22-18-31(30)42-16-4-14-37-33(39)28-19-25(9-11-29(28)35)43-24-8-10-26-21(17-24)13-15-38(32(22)26)34(40)27-6-3-2-5-23(27)20-36/h2-3,5-12,17-19,32H,4,13-16H2,1H3,(H,37,39). The highest BCUT2D eigenvalue weighted by Crippen LogP contribution is 2.41. The molecule has 2 amide bonds. The number of nitriles is 1. The maximum atomic E-state index is 14.5. The van der Waals surface area contributed by atoms with Crippen molar-refractivity contribution in [3.8, 4) is 29.1 Å². The van der Waals surface area contributed by atoms with Crippen molar-refractivity contribution < 1.29 is 28.2 Å². The monoisotopic (exact) mass is 577 g/mol. The number of carbonyl (C=O) groups excluding carboxylic acids is 2. The number of hydrogen-bond acceptors (Lipinski definition) is 6. The van der Waals surface area contributed by atoms with Crippen molar-refractivity contribution in [2.24, 2.45) is 0 Å². The number of fused-ring (bicyclic) bond motifs is 6. The molecule has 0 aromatic heterocycles. The average molecular weight is 578 g/mol. The molecule has 216 valence electrons. The molecule has 0 aliphatic carbocycles. The molecule has 4 aromatic rings. The van der Waals surface area contributed by atoms with Gasteiger partial charge in [-0.25, -0.2) is 4.39 Å². The maximum absolute atomic E-state index is 14.5. The number of rotatable bonds is 2. The van der Waals surface area contributed by atoms with Crippen LogP contribution in [-0.4, -0.2) is 43.5 Å². The first-order valence-electron chi connectivity index (χ1n) is 14.0. The minimum absolute atomic E-state index is 0.112. The van der Waals surface area contributed by atoms with Crippen LogP contribution in [0.5, 0.6) is 23.0 Å². The van der Waals surface area contributed by atoms with Crippen molar-refractivity contribution in [2.45, 2.75) is 18.9 Å². The van der Waals surface area contributed by atoms with Gasteiger partial charge in [0, 0.05) is 13.1 Å². The van der Waals surface area contributed by atoms with Crippen LogP contribution in [0, 0.1) is 17.1 Å². The molecular weight excluding hydrogens is 549 g/mol. The van der Waals surface area contributed by atoms with E-state index in [-0.39, 0.29) is 24.6 Å². The van der Waals surface area contributed by atoms with Crippen LogP contribution in [0.1, 0.15) is 55.4 Å². The number of hydrogen-bond donors (Lipinski definition) is 1. The Bertz CT molecular complexity index is 1770. The van der Waals surface area contributed by atoms with Crippen LogP contribution in [0.2, 0.25) is 0 Å². The summed E-state index contributed by atoms with van der Waals surface area (Å²) in [6.45, 7) is 0.913. The fraction of sp³-hybridized carbons (Fsp3) is 0.206. The summed E-state index contributed by atoms with van der Waals surface area (Å²) in [6.07, 6.45) is 1.00. The van der Waals surface area contributed by atoms with E-state index in [2.05, 4.69) is 11.4 Å². The highest BCUT2D eigenvalue weighted by molar-refractivity contribution is 5.97. The first-order chi connectivity index (χ1) is 21.0. The van der Waals surface area contributed by atoms with Crippen molar-refractivity contribution in [1.82, 2.24) is 10.2 Å². The first-order valence-corrected chi connectivity index (χ1v) is 14.0.